The van der Waals surface area contributed by atoms with Crippen LogP contribution in [0.5, 0.6) is 0 Å². The van der Waals surface area contributed by atoms with Gasteiger partial charge in [-0.1, -0.05) is 32.7 Å². The number of halogens is 2. The number of hydrogen-bond donors (Lipinski definition) is 1. The minimum absolute atomic E-state index is 0.0856. The van der Waals surface area contributed by atoms with Gasteiger partial charge in [-0.3, -0.25) is 0 Å². The Morgan fingerprint density at radius 1 is 1.21 bits per heavy atom. The average Bonchev–Trinajstić information content (AvgIpc) is 3.21. The molecule has 4 rings (SSSR count). The van der Waals surface area contributed by atoms with Crippen LogP contribution < -0.4 is 5.32 Å². The Kier molecular flexibility index (Phi) is 5.87. The Morgan fingerprint density at radius 3 is 2.62 bits per heavy atom. The fraction of sp³-hybridized carbons (Fsp3) is 0.286. The lowest BCUT2D eigenvalue weighted by Crippen LogP contribution is -2.40. The van der Waals surface area contributed by atoms with E-state index in [1.165, 1.54) is 0 Å². The van der Waals surface area contributed by atoms with Crippen molar-refractivity contribution in [1.82, 2.24) is 15.0 Å². The van der Waals surface area contributed by atoms with Crippen LogP contribution in [0.1, 0.15) is 30.2 Å². The third-order valence-electron chi connectivity index (χ3n) is 5.08. The van der Waals surface area contributed by atoms with Crippen molar-refractivity contribution in [2.75, 3.05) is 18.4 Å². The number of urea groups is 1. The second kappa shape index (κ2) is 8.55. The van der Waals surface area contributed by atoms with Crippen molar-refractivity contribution in [1.29, 1.82) is 0 Å². The Bertz CT molecular complexity index is 1010. The predicted molar refractivity (Wildman–Crippen MR) is 116 cm³/mol. The number of nitrogens with one attached hydrogen (secondary N) is 1. The summed E-state index contributed by atoms with van der Waals surface area (Å²) in [4.78, 5) is 18.9. The van der Waals surface area contributed by atoms with E-state index in [2.05, 4.69) is 31.4 Å². The van der Waals surface area contributed by atoms with E-state index in [0.29, 0.717) is 29.8 Å². The van der Waals surface area contributed by atoms with Gasteiger partial charge in [-0.15, -0.1) is 0 Å². The molecule has 2 heterocycles. The van der Waals surface area contributed by atoms with Crippen molar-refractivity contribution in [3.63, 3.8) is 0 Å². The number of rotatable bonds is 3. The molecule has 0 unspecified atom stereocenters. The quantitative estimate of drug-likeness (QED) is 0.514. The molecule has 0 aliphatic carbocycles. The number of aromatic nitrogens is 2. The molecule has 2 aromatic carbocycles. The molecule has 0 radical (unpaired) electrons. The molecule has 0 atom stereocenters. The zero-order chi connectivity index (χ0) is 20.4. The zero-order valence-electron chi connectivity index (χ0n) is 15.9. The van der Waals surface area contributed by atoms with E-state index < -0.39 is 0 Å². The maximum Gasteiger partial charge on any atom is 0.321 e. The van der Waals surface area contributed by atoms with Gasteiger partial charge in [-0.25, -0.2) is 4.79 Å². The molecule has 1 fully saturated rings. The molecule has 1 N–H and O–H groups in total. The van der Waals surface area contributed by atoms with E-state index in [1.807, 2.05) is 42.2 Å². The molecule has 0 bridgehead atoms. The molecule has 3 aromatic rings. The molecule has 1 aliphatic rings. The third kappa shape index (κ3) is 4.62. The molecule has 1 saturated heterocycles. The molecule has 29 heavy (non-hydrogen) atoms. The molecule has 2 amide bonds. The number of carbonyl (C=O) groups excluding carboxylic acids is 1. The van der Waals surface area contributed by atoms with Gasteiger partial charge in [0.1, 0.15) is 0 Å². The highest BCUT2D eigenvalue weighted by atomic mass is 79.9. The van der Waals surface area contributed by atoms with Crippen LogP contribution in [0.25, 0.3) is 11.4 Å². The van der Waals surface area contributed by atoms with E-state index in [1.54, 1.807) is 12.1 Å². The summed E-state index contributed by atoms with van der Waals surface area (Å²) in [7, 11) is 0. The standard InChI is InChI=1S/C21H20BrClN4O2/c1-13-12-17(6-7-18(13)22)24-21(28)27-10-8-15(9-11-27)20-25-19(26-29-20)14-2-4-16(23)5-3-14/h2-7,12,15H,8-11H2,1H3,(H,24,28). The van der Waals surface area contributed by atoms with Gasteiger partial charge in [0, 0.05) is 39.8 Å². The largest absolute Gasteiger partial charge is 0.339 e. The van der Waals surface area contributed by atoms with Crippen LogP contribution in [0, 0.1) is 6.92 Å². The second-order valence-corrected chi connectivity index (χ2v) is 8.41. The number of benzene rings is 2. The van der Waals surface area contributed by atoms with Crippen molar-refractivity contribution < 1.29 is 9.32 Å². The zero-order valence-corrected chi connectivity index (χ0v) is 18.2. The van der Waals surface area contributed by atoms with E-state index in [0.717, 1.165) is 34.1 Å². The molecular formula is C21H20BrClN4O2. The lowest BCUT2D eigenvalue weighted by atomic mass is 9.97. The lowest BCUT2D eigenvalue weighted by Gasteiger charge is -2.30. The molecule has 150 valence electrons. The van der Waals surface area contributed by atoms with Gasteiger partial charge in [0.2, 0.25) is 11.7 Å². The minimum Gasteiger partial charge on any atom is -0.339 e. The number of aryl methyl sites for hydroxylation is 1. The highest BCUT2D eigenvalue weighted by molar-refractivity contribution is 9.10. The van der Waals surface area contributed by atoms with E-state index in [-0.39, 0.29) is 11.9 Å². The predicted octanol–water partition coefficient (Wildman–Crippen LogP) is 5.87. The summed E-state index contributed by atoms with van der Waals surface area (Å²) in [5, 5.41) is 7.73. The number of anilines is 1. The lowest BCUT2D eigenvalue weighted by molar-refractivity contribution is 0.187. The summed E-state index contributed by atoms with van der Waals surface area (Å²) >= 11 is 9.40. The van der Waals surface area contributed by atoms with Crippen LogP contribution in [-0.4, -0.2) is 34.2 Å². The van der Waals surface area contributed by atoms with Gasteiger partial charge in [-0.2, -0.15) is 4.98 Å². The van der Waals surface area contributed by atoms with Gasteiger partial charge in [0.15, 0.2) is 0 Å². The van der Waals surface area contributed by atoms with Crippen molar-refractivity contribution in [3.8, 4) is 11.4 Å². The summed E-state index contributed by atoms with van der Waals surface area (Å²) in [6, 6.07) is 13.0. The third-order valence-corrected chi connectivity index (χ3v) is 6.23. The van der Waals surface area contributed by atoms with Gasteiger partial charge in [0.25, 0.3) is 0 Å². The van der Waals surface area contributed by atoms with Crippen LogP contribution >= 0.6 is 27.5 Å². The van der Waals surface area contributed by atoms with E-state index >= 15 is 0 Å². The first-order valence-corrected chi connectivity index (χ1v) is 10.6. The maximum absolute atomic E-state index is 12.6. The number of likely N-dealkylation sites (tertiary alicyclic amines) is 1. The van der Waals surface area contributed by atoms with Crippen LogP contribution in [0.4, 0.5) is 10.5 Å². The number of hydrogen-bond acceptors (Lipinski definition) is 4. The first kappa shape index (κ1) is 19.9. The van der Waals surface area contributed by atoms with Crippen molar-refractivity contribution >= 4 is 39.2 Å². The molecule has 1 aliphatic heterocycles. The van der Waals surface area contributed by atoms with Gasteiger partial charge < -0.3 is 14.7 Å². The van der Waals surface area contributed by atoms with Crippen LogP contribution in [0.15, 0.2) is 51.5 Å². The number of amides is 2. The van der Waals surface area contributed by atoms with E-state index in [4.69, 9.17) is 16.1 Å². The normalized spacial score (nSPS) is 14.8. The topological polar surface area (TPSA) is 71.3 Å². The Labute approximate surface area is 182 Å². The highest BCUT2D eigenvalue weighted by Gasteiger charge is 2.27. The highest BCUT2D eigenvalue weighted by Crippen LogP contribution is 2.29. The fourth-order valence-corrected chi connectivity index (χ4v) is 3.74. The average molecular weight is 476 g/mol. The first-order chi connectivity index (χ1) is 14.0. The number of nitrogens with zero attached hydrogens (tertiary/aromatic N) is 3. The van der Waals surface area contributed by atoms with Crippen molar-refractivity contribution in [3.05, 3.63) is 63.4 Å². The number of carbonyl (C=O) groups is 1. The SMILES string of the molecule is Cc1cc(NC(=O)N2CCC(c3nc(-c4ccc(Cl)cc4)no3)CC2)ccc1Br. The summed E-state index contributed by atoms with van der Waals surface area (Å²) < 4.78 is 6.51. The summed E-state index contributed by atoms with van der Waals surface area (Å²) in [5.74, 6) is 1.34. The molecular weight excluding hydrogens is 456 g/mol. The van der Waals surface area contributed by atoms with Crippen LogP contribution in [0.3, 0.4) is 0 Å². The van der Waals surface area contributed by atoms with E-state index in [9.17, 15) is 4.79 Å². The first-order valence-electron chi connectivity index (χ1n) is 9.41. The van der Waals surface area contributed by atoms with Gasteiger partial charge in [0.05, 0.1) is 0 Å². The second-order valence-electron chi connectivity index (χ2n) is 7.12. The van der Waals surface area contributed by atoms with Crippen LogP contribution in [-0.2, 0) is 0 Å². The molecule has 6 nitrogen and oxygen atoms in total. The molecule has 0 saturated carbocycles. The Hall–Kier alpha value is -2.38. The maximum atomic E-state index is 12.6. The summed E-state index contributed by atoms with van der Waals surface area (Å²) in [6.45, 7) is 3.28. The Morgan fingerprint density at radius 2 is 1.93 bits per heavy atom. The molecule has 8 heteroatoms. The van der Waals surface area contributed by atoms with Crippen molar-refractivity contribution in [2.45, 2.75) is 25.7 Å². The van der Waals surface area contributed by atoms with Crippen LogP contribution in [0.2, 0.25) is 5.02 Å². The monoisotopic (exact) mass is 474 g/mol. The number of piperidine rings is 1. The van der Waals surface area contributed by atoms with Crippen molar-refractivity contribution in [2.24, 2.45) is 0 Å². The molecule has 1 aromatic heterocycles. The smallest absolute Gasteiger partial charge is 0.321 e. The van der Waals surface area contributed by atoms with Gasteiger partial charge in [-0.05, 0) is 67.8 Å². The Balaban J connectivity index is 1.35. The summed E-state index contributed by atoms with van der Waals surface area (Å²) in [6.07, 6.45) is 1.57. The fourth-order valence-electron chi connectivity index (χ4n) is 3.37. The minimum atomic E-state index is -0.0856. The summed E-state index contributed by atoms with van der Waals surface area (Å²) in [5.41, 5.74) is 2.74. The van der Waals surface area contributed by atoms with Gasteiger partial charge >= 0.3 is 6.03 Å². The molecule has 0 spiro atoms.